The smallest absolute Gasteiger partial charge is 0.459 e. The second-order valence-electron chi connectivity index (χ2n) is 9.02. The van der Waals surface area contributed by atoms with Crippen LogP contribution in [0.25, 0.3) is 5.52 Å². The topological polar surface area (TPSA) is 180 Å². The van der Waals surface area contributed by atoms with Gasteiger partial charge in [0.05, 0.1) is 12.3 Å². The van der Waals surface area contributed by atoms with Crippen molar-refractivity contribution in [2.45, 2.75) is 49.4 Å². The van der Waals surface area contributed by atoms with E-state index in [1.807, 2.05) is 0 Å². The molecule has 1 aromatic carbocycles. The van der Waals surface area contributed by atoms with Crippen LogP contribution in [0, 0.1) is 0 Å². The second kappa shape index (κ2) is 9.56. The molecule has 15 heteroatoms. The van der Waals surface area contributed by atoms with E-state index in [9.17, 15) is 24.0 Å². The summed E-state index contributed by atoms with van der Waals surface area (Å²) < 4.78 is 51.7. The monoisotopic (exact) mass is 551 g/mol. The molecule has 2 aromatic heterocycles. The van der Waals surface area contributed by atoms with Crippen molar-refractivity contribution in [3.63, 3.8) is 0 Å². The highest BCUT2D eigenvalue weighted by atomic mass is 31.2. The van der Waals surface area contributed by atoms with Crippen LogP contribution < -0.4 is 15.3 Å². The minimum absolute atomic E-state index is 0.0787. The average Bonchev–Trinajstić information content (AvgIpc) is 3.15. The Bertz CT molecular complexity index is 1390. The molecule has 204 valence electrons. The standard InChI is InChI=1S/C23H27FN5O8P/c1-3-34-20(31)13(2)28-38(33,36-14-7-5-4-6-8-14)37-21-22(11-24)23(21,32)18(30)17(35-22)15-9-10-16-19(25)26-12-27-29(15)16/h4-10,12-13,17-18,21,30,32H,3,11H2,1-2H3,(H,28,33)(H2,25,26,27)/t13-,17-,18-,21?,22+,23+,38+/m0/s1. The number of para-hydroxylation sites is 1. The van der Waals surface area contributed by atoms with Gasteiger partial charge in [0.15, 0.2) is 17.0 Å². The number of esters is 1. The van der Waals surface area contributed by atoms with Crippen molar-refractivity contribution in [1.29, 1.82) is 0 Å². The Morgan fingerprint density at radius 1 is 1.34 bits per heavy atom. The number of nitrogens with zero attached hydrogens (tertiary/aromatic N) is 3. The molecule has 7 atom stereocenters. The molecular formula is C23H27FN5O8P. The Morgan fingerprint density at radius 3 is 2.74 bits per heavy atom. The highest BCUT2D eigenvalue weighted by Crippen LogP contribution is 2.68. The Hall–Kier alpha value is -3.13. The molecular weight excluding hydrogens is 524 g/mol. The fourth-order valence-electron chi connectivity index (χ4n) is 4.74. The van der Waals surface area contributed by atoms with Crippen molar-refractivity contribution < 1.29 is 42.5 Å². The molecule has 1 unspecified atom stereocenters. The molecule has 3 heterocycles. The van der Waals surface area contributed by atoms with Crippen molar-refractivity contribution >= 4 is 25.1 Å². The van der Waals surface area contributed by atoms with Gasteiger partial charge in [-0.25, -0.2) is 18.5 Å². The molecule has 3 aromatic rings. The SMILES string of the molecule is CCOC(=O)[C@H](C)N[P@@](=O)(Oc1ccccc1)OC1[C@@]2(CF)O[C@@H](c3ccc4c(N)ncnn34)[C@H](O)[C@@]12O. The molecule has 0 spiro atoms. The van der Waals surface area contributed by atoms with Crippen LogP contribution >= 0.6 is 7.75 Å². The van der Waals surface area contributed by atoms with Crippen LogP contribution in [0.4, 0.5) is 10.2 Å². The Balaban J connectivity index is 1.43. The van der Waals surface area contributed by atoms with Crippen molar-refractivity contribution in [3.05, 3.63) is 54.5 Å². The zero-order chi connectivity index (χ0) is 27.3. The summed E-state index contributed by atoms with van der Waals surface area (Å²) in [6.45, 7) is 1.77. The number of aliphatic hydroxyl groups excluding tert-OH is 1. The van der Waals surface area contributed by atoms with Crippen molar-refractivity contribution in [2.24, 2.45) is 0 Å². The molecule has 2 aliphatic rings. The Labute approximate surface area is 216 Å². The third-order valence-corrected chi connectivity index (χ3v) is 8.34. The zero-order valence-electron chi connectivity index (χ0n) is 20.4. The van der Waals surface area contributed by atoms with Gasteiger partial charge >= 0.3 is 13.7 Å². The summed E-state index contributed by atoms with van der Waals surface area (Å²) in [5.74, 6) is -0.451. The van der Waals surface area contributed by atoms with Crippen molar-refractivity contribution in [1.82, 2.24) is 19.7 Å². The summed E-state index contributed by atoms with van der Waals surface area (Å²) in [5, 5.41) is 29.1. The summed E-state index contributed by atoms with van der Waals surface area (Å²) in [7, 11) is -4.48. The Kier molecular flexibility index (Phi) is 6.66. The molecule has 1 saturated heterocycles. The van der Waals surface area contributed by atoms with Crippen LogP contribution in [-0.2, 0) is 23.4 Å². The lowest BCUT2D eigenvalue weighted by Crippen LogP contribution is -2.38. The molecule has 0 radical (unpaired) electrons. The number of nitrogen functional groups attached to an aromatic ring is 1. The first-order valence-corrected chi connectivity index (χ1v) is 13.3. The zero-order valence-corrected chi connectivity index (χ0v) is 21.3. The van der Waals surface area contributed by atoms with E-state index in [1.165, 1.54) is 29.9 Å². The molecule has 0 amide bonds. The summed E-state index contributed by atoms with van der Waals surface area (Å²) in [6.07, 6.45) is -3.36. The molecule has 2 fully saturated rings. The molecule has 5 rings (SSSR count). The average molecular weight is 551 g/mol. The minimum Gasteiger partial charge on any atom is -0.465 e. The number of ether oxygens (including phenoxy) is 2. The number of alkyl halides is 1. The maximum atomic E-state index is 14.5. The highest BCUT2D eigenvalue weighted by molar-refractivity contribution is 7.52. The predicted molar refractivity (Wildman–Crippen MR) is 130 cm³/mol. The van der Waals surface area contributed by atoms with Gasteiger partial charge in [-0.15, -0.1) is 0 Å². The lowest BCUT2D eigenvalue weighted by molar-refractivity contribution is -0.144. The number of rotatable bonds is 10. The van der Waals surface area contributed by atoms with E-state index < -0.39 is 55.9 Å². The van der Waals surface area contributed by atoms with E-state index in [0.717, 1.165) is 0 Å². The molecule has 13 nitrogen and oxygen atoms in total. The van der Waals surface area contributed by atoms with E-state index in [0.29, 0.717) is 5.52 Å². The van der Waals surface area contributed by atoms with Gasteiger partial charge in [0, 0.05) is 0 Å². The lowest BCUT2D eigenvalue weighted by atomic mass is 10.0. The number of fused-ring (bicyclic) bond motifs is 2. The lowest BCUT2D eigenvalue weighted by Gasteiger charge is -2.27. The van der Waals surface area contributed by atoms with Crippen LogP contribution in [0.1, 0.15) is 25.6 Å². The van der Waals surface area contributed by atoms with Crippen LogP contribution in [0.2, 0.25) is 0 Å². The van der Waals surface area contributed by atoms with Crippen LogP contribution in [0.5, 0.6) is 5.75 Å². The van der Waals surface area contributed by atoms with Gasteiger partial charge in [0.2, 0.25) is 0 Å². The quantitative estimate of drug-likeness (QED) is 0.210. The molecule has 1 aliphatic heterocycles. The number of nitrogens with two attached hydrogens (primary N) is 1. The molecule has 38 heavy (non-hydrogen) atoms. The maximum absolute atomic E-state index is 14.5. The van der Waals surface area contributed by atoms with Crippen molar-refractivity contribution in [3.8, 4) is 5.75 Å². The second-order valence-corrected chi connectivity index (χ2v) is 10.7. The van der Waals surface area contributed by atoms with Gasteiger partial charge in [0.25, 0.3) is 0 Å². The van der Waals surface area contributed by atoms with Crippen LogP contribution in [0.3, 0.4) is 0 Å². The van der Waals surface area contributed by atoms with Crippen LogP contribution in [-0.4, -0.2) is 73.5 Å². The predicted octanol–water partition coefficient (Wildman–Crippen LogP) is 1.31. The largest absolute Gasteiger partial charge is 0.465 e. The third kappa shape index (κ3) is 4.04. The van der Waals surface area contributed by atoms with E-state index in [1.54, 1.807) is 37.3 Å². The van der Waals surface area contributed by atoms with Gasteiger partial charge in [-0.2, -0.15) is 10.2 Å². The summed E-state index contributed by atoms with van der Waals surface area (Å²) in [4.78, 5) is 16.1. The number of nitrogens with one attached hydrogen (secondary N) is 1. The molecule has 1 aliphatic carbocycles. The van der Waals surface area contributed by atoms with E-state index >= 15 is 0 Å². The number of hydrogen-bond donors (Lipinski definition) is 4. The summed E-state index contributed by atoms with van der Waals surface area (Å²) in [6, 6.07) is 9.91. The number of benzene rings is 1. The molecule has 1 saturated carbocycles. The number of hydrogen-bond acceptors (Lipinski definition) is 11. The summed E-state index contributed by atoms with van der Waals surface area (Å²) >= 11 is 0. The van der Waals surface area contributed by atoms with Gasteiger partial charge in [-0.3, -0.25) is 9.32 Å². The number of anilines is 1. The first-order valence-electron chi connectivity index (χ1n) is 11.8. The highest BCUT2D eigenvalue weighted by Gasteiger charge is 2.89. The minimum atomic E-state index is -4.48. The summed E-state index contributed by atoms with van der Waals surface area (Å²) in [5.41, 5.74) is 2.18. The Morgan fingerprint density at radius 2 is 2.08 bits per heavy atom. The van der Waals surface area contributed by atoms with E-state index in [2.05, 4.69) is 15.2 Å². The molecule has 5 N–H and O–H groups in total. The van der Waals surface area contributed by atoms with Gasteiger partial charge in [-0.1, -0.05) is 18.2 Å². The van der Waals surface area contributed by atoms with Gasteiger partial charge < -0.3 is 29.9 Å². The maximum Gasteiger partial charge on any atom is 0.459 e. The normalized spacial score (nSPS) is 30.4. The van der Waals surface area contributed by atoms with E-state index in [-0.39, 0.29) is 23.9 Å². The first-order chi connectivity index (χ1) is 18.1. The number of aliphatic hydroxyl groups is 2. The number of halogens is 1. The van der Waals surface area contributed by atoms with Gasteiger partial charge in [0.1, 0.15) is 48.6 Å². The first kappa shape index (κ1) is 26.5. The van der Waals surface area contributed by atoms with E-state index in [4.69, 9.17) is 24.3 Å². The third-order valence-electron chi connectivity index (χ3n) is 6.70. The molecule has 0 bridgehead atoms. The number of carbonyl (C=O) groups excluding carboxylic acids is 1. The van der Waals surface area contributed by atoms with Crippen LogP contribution in [0.15, 0.2) is 48.8 Å². The van der Waals surface area contributed by atoms with Gasteiger partial charge in [-0.05, 0) is 38.1 Å². The fraction of sp³-hybridized carbons (Fsp3) is 0.435. The fourth-order valence-corrected chi connectivity index (χ4v) is 6.49. The number of carbonyl (C=O) groups is 1. The van der Waals surface area contributed by atoms with Crippen molar-refractivity contribution in [2.75, 3.05) is 19.0 Å². The number of aromatic nitrogens is 3.